The Morgan fingerprint density at radius 3 is 1.45 bits per heavy atom. The van der Waals surface area contributed by atoms with Crippen LogP contribution in [0.1, 0.15) is 0 Å². The van der Waals surface area contributed by atoms with E-state index in [1.54, 1.807) is 30.6 Å². The summed E-state index contributed by atoms with van der Waals surface area (Å²) in [6, 6.07) is 19.5. The van der Waals surface area contributed by atoms with Gasteiger partial charge in [0, 0.05) is 12.4 Å². The van der Waals surface area contributed by atoms with Gasteiger partial charge in [0.25, 0.3) is 0 Å². The molecule has 3 rings (SSSR count). The molecule has 3 aromatic rings. The maximum absolute atomic E-state index is 10.6. The smallest absolute Gasteiger partial charge is 0.238 e. The molecule has 0 unspecified atom stereocenters. The maximum Gasteiger partial charge on any atom is 0.238 e. The second kappa shape index (κ2) is 7.44. The average molecular weight is 313 g/mol. The molecule has 0 saturated heterocycles. The number of benzene rings is 1. The van der Waals surface area contributed by atoms with Gasteiger partial charge >= 0.3 is 0 Å². The summed E-state index contributed by atoms with van der Waals surface area (Å²) in [5.41, 5.74) is 1.83. The molecule has 1 aromatic carbocycles. The summed E-state index contributed by atoms with van der Waals surface area (Å²) in [5.74, 6) is 0. The van der Waals surface area contributed by atoms with Crippen LogP contribution in [0.4, 0.5) is 0 Å². The van der Waals surface area contributed by atoms with Crippen molar-refractivity contribution in [1.29, 1.82) is 0 Å². The van der Waals surface area contributed by atoms with Crippen molar-refractivity contribution in [2.75, 3.05) is 0 Å². The zero-order valence-electron chi connectivity index (χ0n) is 11.7. The van der Waals surface area contributed by atoms with E-state index >= 15 is 0 Å². The minimum atomic E-state index is -3.50. The molecule has 0 aliphatic heterocycles. The van der Waals surface area contributed by atoms with Crippen LogP contribution in [-0.4, -0.2) is 18.4 Å². The number of primary sulfonamides is 1. The molecule has 22 heavy (non-hydrogen) atoms. The SMILES string of the molecule is NS(=O)(=O)c1ccccc1.c1ccc(-c2ccccn2)nc1. The van der Waals surface area contributed by atoms with Crippen molar-refractivity contribution in [3.63, 3.8) is 0 Å². The molecule has 2 aromatic heterocycles. The van der Waals surface area contributed by atoms with Gasteiger partial charge in [0.05, 0.1) is 16.3 Å². The Morgan fingerprint density at radius 2 is 1.14 bits per heavy atom. The molecule has 0 aliphatic rings. The van der Waals surface area contributed by atoms with Gasteiger partial charge in [0.1, 0.15) is 0 Å². The predicted molar refractivity (Wildman–Crippen MR) is 85.3 cm³/mol. The van der Waals surface area contributed by atoms with Gasteiger partial charge in [0.2, 0.25) is 10.0 Å². The monoisotopic (exact) mass is 313 g/mol. The van der Waals surface area contributed by atoms with E-state index < -0.39 is 10.0 Å². The molecular formula is C16H15N3O2S. The number of sulfonamides is 1. The number of aromatic nitrogens is 2. The van der Waals surface area contributed by atoms with E-state index in [1.807, 2.05) is 36.4 Å². The molecule has 0 atom stereocenters. The first-order chi connectivity index (χ1) is 10.6. The van der Waals surface area contributed by atoms with Crippen molar-refractivity contribution < 1.29 is 8.42 Å². The quantitative estimate of drug-likeness (QED) is 0.787. The molecule has 2 N–H and O–H groups in total. The van der Waals surface area contributed by atoms with E-state index in [0.29, 0.717) is 0 Å². The lowest BCUT2D eigenvalue weighted by Gasteiger charge is -1.96. The van der Waals surface area contributed by atoms with Gasteiger partial charge in [-0.05, 0) is 36.4 Å². The third kappa shape index (κ3) is 4.76. The Morgan fingerprint density at radius 1 is 0.682 bits per heavy atom. The first-order valence-corrected chi connectivity index (χ1v) is 8.02. The van der Waals surface area contributed by atoms with Gasteiger partial charge in [-0.2, -0.15) is 0 Å². The summed E-state index contributed by atoms with van der Waals surface area (Å²) in [6.45, 7) is 0. The summed E-state index contributed by atoms with van der Waals surface area (Å²) >= 11 is 0. The van der Waals surface area contributed by atoms with Crippen molar-refractivity contribution >= 4 is 10.0 Å². The molecule has 6 heteroatoms. The van der Waals surface area contributed by atoms with E-state index in [2.05, 4.69) is 9.97 Å². The zero-order chi connectivity index (χ0) is 15.8. The summed E-state index contributed by atoms with van der Waals surface area (Å²) in [6.07, 6.45) is 3.54. The Balaban J connectivity index is 0.000000164. The van der Waals surface area contributed by atoms with Crippen LogP contribution in [0.3, 0.4) is 0 Å². The number of nitrogens with two attached hydrogens (primary N) is 1. The van der Waals surface area contributed by atoms with Gasteiger partial charge in [-0.15, -0.1) is 0 Å². The van der Waals surface area contributed by atoms with Crippen molar-refractivity contribution in [2.45, 2.75) is 4.90 Å². The molecule has 0 radical (unpaired) electrons. The first-order valence-electron chi connectivity index (χ1n) is 6.47. The fourth-order valence-corrected chi connectivity index (χ4v) is 2.18. The highest BCUT2D eigenvalue weighted by molar-refractivity contribution is 7.89. The van der Waals surface area contributed by atoms with Gasteiger partial charge in [0.15, 0.2) is 0 Å². The highest BCUT2D eigenvalue weighted by atomic mass is 32.2. The summed E-state index contributed by atoms with van der Waals surface area (Å²) in [4.78, 5) is 8.52. The topological polar surface area (TPSA) is 85.9 Å². The zero-order valence-corrected chi connectivity index (χ0v) is 12.5. The number of hydrogen-bond donors (Lipinski definition) is 1. The highest BCUT2D eigenvalue weighted by Crippen LogP contribution is 2.10. The van der Waals surface area contributed by atoms with Crippen molar-refractivity contribution in [1.82, 2.24) is 9.97 Å². The molecule has 112 valence electrons. The predicted octanol–water partition coefficient (Wildman–Crippen LogP) is 2.48. The van der Waals surface area contributed by atoms with Crippen LogP contribution in [0.5, 0.6) is 0 Å². The van der Waals surface area contributed by atoms with Gasteiger partial charge in [-0.25, -0.2) is 13.6 Å². The second-order valence-corrected chi connectivity index (χ2v) is 5.85. The Hall–Kier alpha value is -2.57. The summed E-state index contributed by atoms with van der Waals surface area (Å²) < 4.78 is 21.2. The maximum atomic E-state index is 10.6. The van der Waals surface area contributed by atoms with E-state index in [0.717, 1.165) is 11.4 Å². The van der Waals surface area contributed by atoms with Crippen molar-refractivity contribution in [3.8, 4) is 11.4 Å². The van der Waals surface area contributed by atoms with Crippen molar-refractivity contribution in [2.24, 2.45) is 5.14 Å². The van der Waals surface area contributed by atoms with Crippen LogP contribution in [-0.2, 0) is 10.0 Å². The second-order valence-electron chi connectivity index (χ2n) is 4.29. The molecule has 0 bridgehead atoms. The van der Waals surface area contributed by atoms with Gasteiger partial charge in [-0.3, -0.25) is 9.97 Å². The Labute approximate surface area is 129 Å². The molecule has 0 saturated carbocycles. The molecular weight excluding hydrogens is 298 g/mol. The lowest BCUT2D eigenvalue weighted by atomic mass is 10.2. The summed E-state index contributed by atoms with van der Waals surface area (Å²) in [5, 5.41) is 4.83. The van der Waals surface area contributed by atoms with E-state index in [4.69, 9.17) is 5.14 Å². The Kier molecular flexibility index (Phi) is 5.35. The molecule has 0 fully saturated rings. The third-order valence-electron chi connectivity index (χ3n) is 2.66. The number of hydrogen-bond acceptors (Lipinski definition) is 4. The fraction of sp³-hybridized carbons (Fsp3) is 0. The largest absolute Gasteiger partial charge is 0.255 e. The standard InChI is InChI=1S/C10H8N2.C6H7NO2S/c1-3-7-11-9(5-1)10-6-2-4-8-12-10;7-10(8,9)6-4-2-1-3-5-6/h1-8H;1-5H,(H2,7,8,9). The first kappa shape index (κ1) is 15.8. The minimum absolute atomic E-state index is 0.148. The highest BCUT2D eigenvalue weighted by Gasteiger charge is 2.03. The van der Waals surface area contributed by atoms with Crippen LogP contribution in [0.25, 0.3) is 11.4 Å². The van der Waals surface area contributed by atoms with Gasteiger partial charge < -0.3 is 0 Å². The number of nitrogens with zero attached hydrogens (tertiary/aromatic N) is 2. The lowest BCUT2D eigenvalue weighted by Crippen LogP contribution is -2.11. The van der Waals surface area contributed by atoms with E-state index in [9.17, 15) is 8.42 Å². The molecule has 2 heterocycles. The molecule has 5 nitrogen and oxygen atoms in total. The van der Waals surface area contributed by atoms with Crippen LogP contribution in [0.2, 0.25) is 0 Å². The van der Waals surface area contributed by atoms with Gasteiger partial charge in [-0.1, -0.05) is 30.3 Å². The fourth-order valence-electron chi connectivity index (χ4n) is 1.64. The molecule has 0 aliphatic carbocycles. The average Bonchev–Trinajstić information content (AvgIpc) is 2.57. The molecule has 0 amide bonds. The van der Waals surface area contributed by atoms with Crippen LogP contribution < -0.4 is 5.14 Å². The Bertz CT molecular complexity index is 755. The minimum Gasteiger partial charge on any atom is -0.255 e. The molecule has 0 spiro atoms. The third-order valence-corrected chi connectivity index (χ3v) is 3.59. The van der Waals surface area contributed by atoms with E-state index in [1.165, 1.54) is 12.1 Å². The van der Waals surface area contributed by atoms with E-state index in [-0.39, 0.29) is 4.90 Å². The van der Waals surface area contributed by atoms with Crippen molar-refractivity contribution in [3.05, 3.63) is 79.1 Å². The van der Waals surface area contributed by atoms with Crippen LogP contribution in [0.15, 0.2) is 84.0 Å². The normalized spacial score (nSPS) is 10.4. The summed E-state index contributed by atoms with van der Waals surface area (Å²) in [7, 11) is -3.50. The lowest BCUT2D eigenvalue weighted by molar-refractivity contribution is 0.598. The number of rotatable bonds is 2. The number of pyridine rings is 2. The van der Waals surface area contributed by atoms with Crippen LogP contribution >= 0.6 is 0 Å². The van der Waals surface area contributed by atoms with Crippen LogP contribution in [0, 0.1) is 0 Å².